The molecule has 1 heterocycles. The summed E-state index contributed by atoms with van der Waals surface area (Å²) in [7, 11) is -2.30. The number of benzene rings is 2. The summed E-state index contributed by atoms with van der Waals surface area (Å²) in [5.41, 5.74) is 2.58. The average molecular weight is 540 g/mol. The molecule has 1 fully saturated rings. The first-order chi connectivity index (χ1) is 16.6. The summed E-state index contributed by atoms with van der Waals surface area (Å²) in [6.45, 7) is 1.32. The van der Waals surface area contributed by atoms with Crippen molar-refractivity contribution in [2.45, 2.75) is 42.8 Å². The SMILES string of the molecule is Cc1cccc(S(=O)(=O)N[C@@H](CNC(=O)C[C@@H]2C[C@H](c3ccc(C=NN)cc3)N(C)O2)C(=O)O)c1.Cl. The number of sulfonamides is 1. The van der Waals surface area contributed by atoms with Crippen molar-refractivity contribution >= 4 is 40.5 Å². The van der Waals surface area contributed by atoms with Crippen molar-refractivity contribution in [2.75, 3.05) is 13.6 Å². The number of aryl methyl sites for hydroxylation is 1. The molecule has 1 aliphatic rings. The van der Waals surface area contributed by atoms with Crippen molar-refractivity contribution in [1.82, 2.24) is 15.1 Å². The third-order valence-corrected chi connectivity index (χ3v) is 7.07. The van der Waals surface area contributed by atoms with E-state index in [1.807, 2.05) is 24.3 Å². The molecule has 0 bridgehead atoms. The van der Waals surface area contributed by atoms with Gasteiger partial charge in [0, 0.05) is 13.6 Å². The van der Waals surface area contributed by atoms with Gasteiger partial charge in [-0.3, -0.25) is 14.4 Å². The fraction of sp³-hybridized carbons (Fsp3) is 0.348. The summed E-state index contributed by atoms with van der Waals surface area (Å²) in [5, 5.41) is 17.1. The second-order valence-corrected chi connectivity index (χ2v) is 10.0. The van der Waals surface area contributed by atoms with E-state index in [1.54, 1.807) is 31.2 Å². The van der Waals surface area contributed by atoms with Gasteiger partial charge in [-0.05, 0) is 42.2 Å². The molecule has 3 atom stereocenters. The number of carbonyl (C=O) groups is 2. The predicted octanol–water partition coefficient (Wildman–Crippen LogP) is 1.32. The lowest BCUT2D eigenvalue weighted by Crippen LogP contribution is -2.48. The lowest BCUT2D eigenvalue weighted by atomic mass is 9.99. The zero-order valence-electron chi connectivity index (χ0n) is 19.8. The molecule has 1 amide bonds. The van der Waals surface area contributed by atoms with Gasteiger partial charge in [-0.25, -0.2) is 8.42 Å². The predicted molar refractivity (Wildman–Crippen MR) is 136 cm³/mol. The monoisotopic (exact) mass is 539 g/mol. The highest BCUT2D eigenvalue weighted by Gasteiger charge is 2.34. The van der Waals surface area contributed by atoms with E-state index < -0.39 is 40.6 Å². The number of hydrogen-bond acceptors (Lipinski definition) is 8. The molecule has 0 spiro atoms. The second kappa shape index (κ2) is 12.8. The van der Waals surface area contributed by atoms with Crippen LogP contribution >= 0.6 is 12.4 Å². The first-order valence-electron chi connectivity index (χ1n) is 10.9. The van der Waals surface area contributed by atoms with Gasteiger partial charge in [0.05, 0.1) is 29.7 Å². The molecular formula is C23H30ClN5O6S. The molecule has 11 nitrogen and oxygen atoms in total. The Balaban J connectivity index is 0.00000456. The molecule has 1 aliphatic heterocycles. The number of hydrogen-bond donors (Lipinski definition) is 4. The Hall–Kier alpha value is -3.03. The van der Waals surface area contributed by atoms with Gasteiger partial charge in [0.25, 0.3) is 0 Å². The molecular weight excluding hydrogens is 510 g/mol. The smallest absolute Gasteiger partial charge is 0.323 e. The largest absolute Gasteiger partial charge is 0.480 e. The number of hydrazone groups is 1. The lowest BCUT2D eigenvalue weighted by molar-refractivity contribution is -0.152. The fourth-order valence-electron chi connectivity index (χ4n) is 3.82. The van der Waals surface area contributed by atoms with Crippen molar-refractivity contribution in [2.24, 2.45) is 10.9 Å². The number of carboxylic acid groups (broad SMARTS) is 1. The highest BCUT2D eigenvalue weighted by molar-refractivity contribution is 7.89. The van der Waals surface area contributed by atoms with Gasteiger partial charge in [-0.1, -0.05) is 36.4 Å². The summed E-state index contributed by atoms with van der Waals surface area (Å²) in [4.78, 5) is 29.8. The minimum Gasteiger partial charge on any atom is -0.480 e. The quantitative estimate of drug-likeness (QED) is 0.199. The van der Waals surface area contributed by atoms with E-state index >= 15 is 0 Å². The van der Waals surface area contributed by atoms with E-state index in [-0.39, 0.29) is 29.8 Å². The van der Waals surface area contributed by atoms with Crippen LogP contribution < -0.4 is 15.9 Å². The maximum Gasteiger partial charge on any atom is 0.323 e. The van der Waals surface area contributed by atoms with Crippen LogP contribution in [0.2, 0.25) is 0 Å². The number of carbonyl (C=O) groups excluding carboxylic acids is 1. The molecule has 1 saturated heterocycles. The number of halogens is 1. The van der Waals surface area contributed by atoms with E-state index in [2.05, 4.69) is 15.1 Å². The van der Waals surface area contributed by atoms with Crippen molar-refractivity contribution in [1.29, 1.82) is 0 Å². The maximum atomic E-state index is 12.6. The molecule has 5 N–H and O–H groups in total. The van der Waals surface area contributed by atoms with Crippen LogP contribution in [0.15, 0.2) is 58.5 Å². The van der Waals surface area contributed by atoms with Gasteiger partial charge >= 0.3 is 5.97 Å². The molecule has 2 aromatic carbocycles. The van der Waals surface area contributed by atoms with Gasteiger partial charge < -0.3 is 16.3 Å². The molecule has 13 heteroatoms. The van der Waals surface area contributed by atoms with Gasteiger partial charge in [0.15, 0.2) is 0 Å². The summed E-state index contributed by atoms with van der Waals surface area (Å²) in [5.74, 6) is 3.32. The van der Waals surface area contributed by atoms with Crippen LogP contribution in [0.4, 0.5) is 0 Å². The topological polar surface area (TPSA) is 163 Å². The first kappa shape index (κ1) is 29.2. The molecule has 0 saturated carbocycles. The van der Waals surface area contributed by atoms with Crippen LogP contribution in [0.25, 0.3) is 0 Å². The second-order valence-electron chi connectivity index (χ2n) is 8.31. The minimum atomic E-state index is -4.08. The highest BCUT2D eigenvalue weighted by Crippen LogP contribution is 2.34. The van der Waals surface area contributed by atoms with Crippen molar-refractivity contribution in [3.63, 3.8) is 0 Å². The summed E-state index contributed by atoms with van der Waals surface area (Å²) in [6, 6.07) is 12.1. The van der Waals surface area contributed by atoms with Crippen LogP contribution in [0, 0.1) is 6.92 Å². The van der Waals surface area contributed by atoms with Crippen LogP contribution in [0.1, 0.15) is 35.6 Å². The van der Waals surface area contributed by atoms with E-state index in [9.17, 15) is 23.1 Å². The van der Waals surface area contributed by atoms with E-state index in [4.69, 9.17) is 10.7 Å². The average Bonchev–Trinajstić information content (AvgIpc) is 3.17. The van der Waals surface area contributed by atoms with Crippen LogP contribution in [-0.2, 0) is 24.4 Å². The molecule has 2 aromatic rings. The Bertz CT molecular complexity index is 1190. The molecule has 0 aliphatic carbocycles. The molecule has 36 heavy (non-hydrogen) atoms. The van der Waals surface area contributed by atoms with Crippen molar-refractivity contribution in [3.8, 4) is 0 Å². The van der Waals surface area contributed by atoms with Gasteiger partial charge in [-0.2, -0.15) is 14.9 Å². The highest BCUT2D eigenvalue weighted by atomic mass is 35.5. The third-order valence-electron chi connectivity index (χ3n) is 5.60. The zero-order valence-corrected chi connectivity index (χ0v) is 21.5. The minimum absolute atomic E-state index is 0. The number of nitrogens with zero attached hydrogens (tertiary/aromatic N) is 2. The third kappa shape index (κ3) is 7.73. The number of amides is 1. The van der Waals surface area contributed by atoms with Crippen LogP contribution in [0.3, 0.4) is 0 Å². The van der Waals surface area contributed by atoms with Crippen molar-refractivity contribution < 1.29 is 28.0 Å². The van der Waals surface area contributed by atoms with E-state index in [1.165, 1.54) is 18.3 Å². The number of nitrogens with two attached hydrogens (primary N) is 1. The lowest BCUT2D eigenvalue weighted by Gasteiger charge is -2.18. The summed E-state index contributed by atoms with van der Waals surface area (Å²) in [6.07, 6.45) is 1.67. The number of nitrogens with one attached hydrogen (secondary N) is 2. The van der Waals surface area contributed by atoms with Gasteiger partial charge in [-0.15, -0.1) is 12.4 Å². The first-order valence-corrected chi connectivity index (χ1v) is 12.4. The number of carboxylic acids is 1. The molecule has 196 valence electrons. The number of rotatable bonds is 10. The number of aliphatic carboxylic acids is 1. The molecule has 3 rings (SSSR count). The Labute approximate surface area is 216 Å². The standard InChI is InChI=1S/C23H29N5O6S.ClH/c1-15-4-3-5-19(10-15)35(32,33)27-20(23(30)31)14-25-22(29)12-18-11-21(28(2)34-18)17-8-6-16(7-9-17)13-26-24;/h3-10,13,18,20-21,27H,11-12,14,24H2,1-2H3,(H,25,29)(H,30,31);1H/t18-,20-,21+;/m0./s1. The molecule has 0 aromatic heterocycles. The summed E-state index contributed by atoms with van der Waals surface area (Å²) >= 11 is 0. The number of hydroxylamine groups is 2. The van der Waals surface area contributed by atoms with E-state index in [0.717, 1.165) is 11.1 Å². The molecule has 0 unspecified atom stereocenters. The maximum absolute atomic E-state index is 12.6. The van der Waals surface area contributed by atoms with E-state index in [0.29, 0.717) is 12.0 Å². The Kier molecular flexibility index (Phi) is 10.4. The molecule has 0 radical (unpaired) electrons. The van der Waals surface area contributed by atoms with Gasteiger partial charge in [0.2, 0.25) is 15.9 Å². The normalized spacial score (nSPS) is 19.1. The zero-order chi connectivity index (χ0) is 25.6. The summed E-state index contributed by atoms with van der Waals surface area (Å²) < 4.78 is 27.3. The Morgan fingerprint density at radius 1 is 1.28 bits per heavy atom. The Morgan fingerprint density at radius 2 is 1.97 bits per heavy atom. The fourth-order valence-corrected chi connectivity index (χ4v) is 5.11. The van der Waals surface area contributed by atoms with Crippen molar-refractivity contribution in [3.05, 3.63) is 65.2 Å². The van der Waals surface area contributed by atoms with Crippen LogP contribution in [0.5, 0.6) is 0 Å². The Morgan fingerprint density at radius 3 is 2.58 bits per heavy atom. The van der Waals surface area contributed by atoms with Crippen LogP contribution in [-0.4, -0.2) is 62.4 Å². The van der Waals surface area contributed by atoms with Gasteiger partial charge in [0.1, 0.15) is 6.04 Å².